The third-order valence-corrected chi connectivity index (χ3v) is 4.37. The van der Waals surface area contributed by atoms with Crippen molar-refractivity contribution in [2.75, 3.05) is 0 Å². The van der Waals surface area contributed by atoms with Gasteiger partial charge in [-0.2, -0.15) is 4.98 Å². The van der Waals surface area contributed by atoms with Gasteiger partial charge in [0.25, 0.3) is 0 Å². The van der Waals surface area contributed by atoms with Crippen LogP contribution in [0.1, 0.15) is 25.3 Å². The molecule has 1 amide bonds. The summed E-state index contributed by atoms with van der Waals surface area (Å²) in [6.45, 7) is 4.12. The van der Waals surface area contributed by atoms with Gasteiger partial charge in [-0.05, 0) is 31.6 Å². The lowest BCUT2D eigenvalue weighted by Crippen LogP contribution is -2.35. The number of hydrogen-bond acceptors (Lipinski definition) is 4. The highest BCUT2D eigenvalue weighted by Gasteiger charge is 2.19. The molecule has 0 aliphatic carbocycles. The smallest absolute Gasteiger partial charge is 0.247 e. The number of carbonyl (C=O) groups is 1. The maximum absolute atomic E-state index is 12.7. The van der Waals surface area contributed by atoms with Crippen LogP contribution in [0.5, 0.6) is 0 Å². The van der Waals surface area contributed by atoms with Crippen LogP contribution >= 0.6 is 11.6 Å². The van der Waals surface area contributed by atoms with Gasteiger partial charge in [-0.25, -0.2) is 0 Å². The Labute approximate surface area is 163 Å². The molecule has 138 valence electrons. The summed E-state index contributed by atoms with van der Waals surface area (Å²) in [7, 11) is 0. The van der Waals surface area contributed by atoms with Crippen LogP contribution in [0.3, 0.4) is 0 Å². The first kappa shape index (κ1) is 18.9. The molecule has 0 radical (unpaired) electrons. The van der Waals surface area contributed by atoms with E-state index in [0.29, 0.717) is 16.7 Å². The highest BCUT2D eigenvalue weighted by Crippen LogP contribution is 2.18. The van der Waals surface area contributed by atoms with Crippen LogP contribution in [0.25, 0.3) is 17.5 Å². The zero-order valence-corrected chi connectivity index (χ0v) is 15.9. The van der Waals surface area contributed by atoms with Gasteiger partial charge in [-0.3, -0.25) is 4.79 Å². The second-order valence-corrected chi connectivity index (χ2v) is 6.70. The van der Waals surface area contributed by atoms with Crippen LogP contribution in [0.4, 0.5) is 0 Å². The SMILES string of the molecule is CC(C)N(Cc1nc(-c2ccccc2)no1)C(=O)C=Cc1ccccc1Cl. The number of carbonyl (C=O) groups excluding carboxylic acids is 1. The van der Waals surface area contributed by atoms with E-state index in [1.807, 2.05) is 62.4 Å². The maximum Gasteiger partial charge on any atom is 0.247 e. The Bertz CT molecular complexity index is 935. The standard InChI is InChI=1S/C21H20ClN3O2/c1-15(2)25(20(26)13-12-16-8-6-7-11-18(16)22)14-19-23-21(24-27-19)17-9-4-3-5-10-17/h3-13,15H,14H2,1-2H3. The summed E-state index contributed by atoms with van der Waals surface area (Å²) in [6.07, 6.45) is 3.22. The molecule has 0 aliphatic rings. The predicted molar refractivity (Wildman–Crippen MR) is 106 cm³/mol. The second-order valence-electron chi connectivity index (χ2n) is 6.29. The van der Waals surface area contributed by atoms with Crippen molar-refractivity contribution >= 4 is 23.6 Å². The van der Waals surface area contributed by atoms with Crippen molar-refractivity contribution < 1.29 is 9.32 Å². The van der Waals surface area contributed by atoms with Gasteiger partial charge >= 0.3 is 0 Å². The van der Waals surface area contributed by atoms with Crippen LogP contribution in [0, 0.1) is 0 Å². The molecule has 0 N–H and O–H groups in total. The van der Waals surface area contributed by atoms with Crippen molar-refractivity contribution in [3.05, 3.63) is 77.2 Å². The third kappa shape index (κ3) is 4.83. The molecule has 3 aromatic rings. The van der Waals surface area contributed by atoms with Gasteiger partial charge in [0.2, 0.25) is 17.6 Å². The van der Waals surface area contributed by atoms with Gasteiger partial charge in [-0.15, -0.1) is 0 Å². The van der Waals surface area contributed by atoms with E-state index in [4.69, 9.17) is 16.1 Å². The molecule has 0 atom stereocenters. The minimum Gasteiger partial charge on any atom is -0.337 e. The van der Waals surface area contributed by atoms with Crippen molar-refractivity contribution in [2.24, 2.45) is 0 Å². The summed E-state index contributed by atoms with van der Waals surface area (Å²) >= 11 is 6.13. The topological polar surface area (TPSA) is 59.2 Å². The van der Waals surface area contributed by atoms with Gasteiger partial charge in [0.15, 0.2) is 0 Å². The molecule has 6 heteroatoms. The van der Waals surface area contributed by atoms with E-state index in [-0.39, 0.29) is 18.5 Å². The molecular formula is C21H20ClN3O2. The number of nitrogens with zero attached hydrogens (tertiary/aromatic N) is 3. The molecule has 27 heavy (non-hydrogen) atoms. The van der Waals surface area contributed by atoms with E-state index in [9.17, 15) is 4.79 Å². The minimum absolute atomic E-state index is 0.0273. The number of amides is 1. The Hall–Kier alpha value is -2.92. The molecule has 0 saturated carbocycles. The molecule has 3 rings (SSSR count). The predicted octanol–water partition coefficient (Wildman–Crippen LogP) is 4.84. The molecule has 0 unspecified atom stereocenters. The van der Waals surface area contributed by atoms with Gasteiger partial charge in [0.05, 0.1) is 0 Å². The summed E-state index contributed by atoms with van der Waals surface area (Å²) in [4.78, 5) is 18.7. The Balaban J connectivity index is 1.73. The summed E-state index contributed by atoms with van der Waals surface area (Å²) in [5.41, 5.74) is 1.66. The summed E-state index contributed by atoms with van der Waals surface area (Å²) in [5.74, 6) is 0.750. The lowest BCUT2D eigenvalue weighted by atomic mass is 10.2. The quantitative estimate of drug-likeness (QED) is 0.573. The second kappa shape index (κ2) is 8.64. The Morgan fingerprint density at radius 3 is 2.56 bits per heavy atom. The Morgan fingerprint density at radius 1 is 1.15 bits per heavy atom. The fourth-order valence-corrected chi connectivity index (χ4v) is 2.75. The molecule has 0 bridgehead atoms. The minimum atomic E-state index is -0.149. The summed E-state index contributed by atoms with van der Waals surface area (Å²) in [6, 6.07) is 16.9. The van der Waals surface area contributed by atoms with Crippen LogP contribution in [-0.2, 0) is 11.3 Å². The van der Waals surface area contributed by atoms with Crippen molar-refractivity contribution in [3.8, 4) is 11.4 Å². The number of hydrogen-bond donors (Lipinski definition) is 0. The van der Waals surface area contributed by atoms with Crippen LogP contribution in [0.15, 0.2) is 65.2 Å². The molecule has 0 fully saturated rings. The van der Waals surface area contributed by atoms with Gasteiger partial charge < -0.3 is 9.42 Å². The number of benzene rings is 2. The van der Waals surface area contributed by atoms with Gasteiger partial charge in [0, 0.05) is 22.7 Å². The van der Waals surface area contributed by atoms with E-state index in [2.05, 4.69) is 10.1 Å². The zero-order valence-electron chi connectivity index (χ0n) is 15.2. The molecular weight excluding hydrogens is 362 g/mol. The fraction of sp³-hybridized carbons (Fsp3) is 0.190. The first-order chi connectivity index (χ1) is 13.0. The van der Waals surface area contributed by atoms with E-state index in [1.54, 1.807) is 17.0 Å². The average Bonchev–Trinajstić information content (AvgIpc) is 3.14. The Morgan fingerprint density at radius 2 is 1.85 bits per heavy atom. The number of rotatable bonds is 6. The molecule has 0 spiro atoms. The summed E-state index contributed by atoms with van der Waals surface area (Å²) in [5, 5.41) is 4.60. The van der Waals surface area contributed by atoms with E-state index < -0.39 is 0 Å². The van der Waals surface area contributed by atoms with Crippen molar-refractivity contribution in [1.82, 2.24) is 15.0 Å². The normalized spacial score (nSPS) is 11.3. The van der Waals surface area contributed by atoms with E-state index in [1.165, 1.54) is 6.08 Å². The number of aromatic nitrogens is 2. The molecule has 1 aromatic heterocycles. The highest BCUT2D eigenvalue weighted by atomic mass is 35.5. The molecule has 1 heterocycles. The summed E-state index contributed by atoms with van der Waals surface area (Å²) < 4.78 is 5.33. The first-order valence-electron chi connectivity index (χ1n) is 8.66. The molecule has 2 aromatic carbocycles. The van der Waals surface area contributed by atoms with Gasteiger partial charge in [0.1, 0.15) is 6.54 Å². The van der Waals surface area contributed by atoms with Crippen molar-refractivity contribution in [3.63, 3.8) is 0 Å². The van der Waals surface area contributed by atoms with Crippen LogP contribution in [0.2, 0.25) is 5.02 Å². The van der Waals surface area contributed by atoms with E-state index in [0.717, 1.165) is 11.1 Å². The fourth-order valence-electron chi connectivity index (χ4n) is 2.55. The Kier molecular flexibility index (Phi) is 6.04. The zero-order chi connectivity index (χ0) is 19.2. The van der Waals surface area contributed by atoms with E-state index >= 15 is 0 Å². The molecule has 5 nitrogen and oxygen atoms in total. The van der Waals surface area contributed by atoms with Gasteiger partial charge in [-0.1, -0.05) is 65.3 Å². The molecule has 0 aliphatic heterocycles. The molecule has 0 saturated heterocycles. The van der Waals surface area contributed by atoms with Crippen molar-refractivity contribution in [2.45, 2.75) is 26.4 Å². The van der Waals surface area contributed by atoms with Crippen molar-refractivity contribution in [1.29, 1.82) is 0 Å². The third-order valence-electron chi connectivity index (χ3n) is 4.02. The monoisotopic (exact) mass is 381 g/mol. The highest BCUT2D eigenvalue weighted by molar-refractivity contribution is 6.32. The van der Waals surface area contributed by atoms with Crippen LogP contribution in [-0.4, -0.2) is 27.0 Å². The maximum atomic E-state index is 12.7. The largest absolute Gasteiger partial charge is 0.337 e. The average molecular weight is 382 g/mol. The number of halogens is 1. The lowest BCUT2D eigenvalue weighted by molar-refractivity contribution is -0.128. The lowest BCUT2D eigenvalue weighted by Gasteiger charge is -2.23. The first-order valence-corrected chi connectivity index (χ1v) is 9.03. The van der Waals surface area contributed by atoms with Crippen LogP contribution < -0.4 is 0 Å².